The lowest BCUT2D eigenvalue weighted by Gasteiger charge is -2.08. The topological polar surface area (TPSA) is 12.0 Å². The van der Waals surface area contributed by atoms with Gasteiger partial charge in [0.05, 0.1) is 0 Å². The molecule has 17 heavy (non-hydrogen) atoms. The molecule has 0 unspecified atom stereocenters. The zero-order chi connectivity index (χ0) is 12.8. The fraction of sp³-hybridized carbons (Fsp3) is 0.467. The van der Waals surface area contributed by atoms with E-state index in [-0.39, 0.29) is 0 Å². The summed E-state index contributed by atoms with van der Waals surface area (Å²) in [6.07, 6.45) is 2.23. The molecule has 1 N–H and O–H groups in total. The molecule has 0 spiro atoms. The Morgan fingerprint density at radius 2 is 2.12 bits per heavy atom. The molecule has 0 bridgehead atoms. The Morgan fingerprint density at radius 1 is 1.41 bits per heavy atom. The van der Waals surface area contributed by atoms with Gasteiger partial charge in [-0.2, -0.15) is 0 Å². The highest BCUT2D eigenvalue weighted by Crippen LogP contribution is 2.19. The average molecular weight is 296 g/mol. The van der Waals surface area contributed by atoms with Crippen molar-refractivity contribution in [2.24, 2.45) is 5.92 Å². The lowest BCUT2D eigenvalue weighted by Crippen LogP contribution is -2.21. The Kier molecular flexibility index (Phi) is 5.93. The van der Waals surface area contributed by atoms with Crippen molar-refractivity contribution in [3.05, 3.63) is 39.4 Å². The van der Waals surface area contributed by atoms with Gasteiger partial charge in [-0.05, 0) is 43.5 Å². The van der Waals surface area contributed by atoms with Gasteiger partial charge in [0.2, 0.25) is 0 Å². The van der Waals surface area contributed by atoms with Gasteiger partial charge in [0.25, 0.3) is 0 Å². The first-order chi connectivity index (χ1) is 7.99. The number of rotatable bonds is 5. The number of hydrogen-bond acceptors (Lipinski definition) is 1. The predicted molar refractivity (Wildman–Crippen MR) is 80.2 cm³/mol. The van der Waals surface area contributed by atoms with Crippen LogP contribution in [0.15, 0.2) is 28.2 Å². The SMILES string of the molecule is C/C(=C\c1ccc(C)c(Br)c1)CNCC(C)C. The smallest absolute Gasteiger partial charge is 0.0210 e. The van der Waals surface area contributed by atoms with E-state index < -0.39 is 0 Å². The minimum Gasteiger partial charge on any atom is -0.313 e. The van der Waals surface area contributed by atoms with E-state index in [1.807, 2.05) is 0 Å². The highest BCUT2D eigenvalue weighted by atomic mass is 79.9. The molecular formula is C15H22BrN. The van der Waals surface area contributed by atoms with Crippen LogP contribution in [-0.2, 0) is 0 Å². The number of nitrogens with one attached hydrogen (secondary N) is 1. The molecule has 1 nitrogen and oxygen atoms in total. The molecule has 0 fully saturated rings. The standard InChI is InChI=1S/C15H22BrN/c1-11(2)9-17-10-12(3)7-14-6-5-13(4)15(16)8-14/h5-8,11,17H,9-10H2,1-4H3/b12-7+. The van der Waals surface area contributed by atoms with Crippen molar-refractivity contribution in [3.63, 3.8) is 0 Å². The van der Waals surface area contributed by atoms with Crippen LogP contribution in [-0.4, -0.2) is 13.1 Å². The molecule has 1 aromatic rings. The van der Waals surface area contributed by atoms with Gasteiger partial charge in [0.1, 0.15) is 0 Å². The molecule has 0 radical (unpaired) electrons. The zero-order valence-corrected chi connectivity index (χ0v) is 12.8. The van der Waals surface area contributed by atoms with Crippen LogP contribution in [0.5, 0.6) is 0 Å². The van der Waals surface area contributed by atoms with Crippen LogP contribution >= 0.6 is 15.9 Å². The molecule has 0 saturated heterocycles. The van der Waals surface area contributed by atoms with Crippen LogP contribution in [0.4, 0.5) is 0 Å². The molecule has 1 rings (SSSR count). The van der Waals surface area contributed by atoms with Crippen molar-refractivity contribution in [3.8, 4) is 0 Å². The summed E-state index contributed by atoms with van der Waals surface area (Å²) in [5.74, 6) is 0.705. The van der Waals surface area contributed by atoms with Crippen LogP contribution in [0.25, 0.3) is 6.08 Å². The summed E-state index contributed by atoms with van der Waals surface area (Å²) < 4.78 is 1.18. The van der Waals surface area contributed by atoms with Gasteiger partial charge in [-0.15, -0.1) is 0 Å². The minimum atomic E-state index is 0.705. The minimum absolute atomic E-state index is 0.705. The van der Waals surface area contributed by atoms with Crippen LogP contribution in [0.3, 0.4) is 0 Å². The molecule has 0 atom stereocenters. The number of benzene rings is 1. The van der Waals surface area contributed by atoms with E-state index in [1.54, 1.807) is 0 Å². The monoisotopic (exact) mass is 295 g/mol. The molecule has 1 aromatic carbocycles. The van der Waals surface area contributed by atoms with E-state index in [4.69, 9.17) is 0 Å². The fourth-order valence-corrected chi connectivity index (χ4v) is 1.99. The van der Waals surface area contributed by atoms with E-state index in [0.29, 0.717) is 5.92 Å². The average Bonchev–Trinajstić information content (AvgIpc) is 2.23. The molecule has 0 aliphatic heterocycles. The van der Waals surface area contributed by atoms with Crippen LogP contribution in [0.1, 0.15) is 31.9 Å². The third-order valence-corrected chi connectivity index (χ3v) is 3.42. The van der Waals surface area contributed by atoms with Gasteiger partial charge < -0.3 is 5.32 Å². The maximum atomic E-state index is 3.56. The first-order valence-electron chi connectivity index (χ1n) is 6.13. The van der Waals surface area contributed by atoms with Gasteiger partial charge in [0, 0.05) is 11.0 Å². The third-order valence-electron chi connectivity index (χ3n) is 2.57. The van der Waals surface area contributed by atoms with Gasteiger partial charge in [-0.1, -0.05) is 53.6 Å². The molecule has 0 heterocycles. The highest BCUT2D eigenvalue weighted by Gasteiger charge is 1.97. The summed E-state index contributed by atoms with van der Waals surface area (Å²) in [5.41, 5.74) is 3.89. The second-order valence-electron chi connectivity index (χ2n) is 5.02. The maximum absolute atomic E-state index is 3.56. The Balaban J connectivity index is 2.58. The molecule has 2 heteroatoms. The van der Waals surface area contributed by atoms with Gasteiger partial charge in [-0.3, -0.25) is 0 Å². The van der Waals surface area contributed by atoms with Crippen molar-refractivity contribution < 1.29 is 0 Å². The van der Waals surface area contributed by atoms with Crippen molar-refractivity contribution in [1.29, 1.82) is 0 Å². The summed E-state index contributed by atoms with van der Waals surface area (Å²) >= 11 is 3.56. The number of aryl methyl sites for hydroxylation is 1. The summed E-state index contributed by atoms with van der Waals surface area (Å²) in [5, 5.41) is 3.45. The maximum Gasteiger partial charge on any atom is 0.0210 e. The molecule has 0 aliphatic carbocycles. The van der Waals surface area contributed by atoms with Gasteiger partial charge in [-0.25, -0.2) is 0 Å². The molecule has 0 aromatic heterocycles. The van der Waals surface area contributed by atoms with E-state index in [0.717, 1.165) is 13.1 Å². The van der Waals surface area contributed by atoms with Crippen LogP contribution < -0.4 is 5.32 Å². The molecule has 94 valence electrons. The van der Waals surface area contributed by atoms with Crippen LogP contribution in [0.2, 0.25) is 0 Å². The van der Waals surface area contributed by atoms with Gasteiger partial charge in [0.15, 0.2) is 0 Å². The van der Waals surface area contributed by atoms with Crippen molar-refractivity contribution in [2.75, 3.05) is 13.1 Å². The first-order valence-corrected chi connectivity index (χ1v) is 6.92. The summed E-state index contributed by atoms with van der Waals surface area (Å²) in [6.45, 7) is 10.8. The van der Waals surface area contributed by atoms with E-state index >= 15 is 0 Å². The molecule has 0 saturated carbocycles. The van der Waals surface area contributed by atoms with E-state index in [1.165, 1.54) is 21.2 Å². The van der Waals surface area contributed by atoms with Gasteiger partial charge >= 0.3 is 0 Å². The number of halogens is 1. The Morgan fingerprint density at radius 3 is 2.71 bits per heavy atom. The zero-order valence-electron chi connectivity index (χ0n) is 11.2. The summed E-state index contributed by atoms with van der Waals surface area (Å²) in [6, 6.07) is 6.47. The molecule has 0 amide bonds. The van der Waals surface area contributed by atoms with Crippen molar-refractivity contribution in [1.82, 2.24) is 5.32 Å². The Bertz CT molecular complexity index is 394. The fourth-order valence-electron chi connectivity index (χ4n) is 1.59. The lowest BCUT2D eigenvalue weighted by molar-refractivity contribution is 0.572. The second-order valence-corrected chi connectivity index (χ2v) is 5.88. The Hall–Kier alpha value is -0.600. The van der Waals surface area contributed by atoms with E-state index in [2.05, 4.69) is 73.2 Å². The highest BCUT2D eigenvalue weighted by molar-refractivity contribution is 9.10. The lowest BCUT2D eigenvalue weighted by atomic mass is 10.1. The van der Waals surface area contributed by atoms with Crippen molar-refractivity contribution >= 4 is 22.0 Å². The first kappa shape index (κ1) is 14.5. The number of hydrogen-bond donors (Lipinski definition) is 1. The second kappa shape index (κ2) is 6.97. The molecular weight excluding hydrogens is 274 g/mol. The third kappa shape index (κ3) is 5.51. The largest absolute Gasteiger partial charge is 0.313 e. The summed E-state index contributed by atoms with van der Waals surface area (Å²) in [4.78, 5) is 0. The normalized spacial score (nSPS) is 12.2. The predicted octanol–water partition coefficient (Wildman–Crippen LogP) is 4.41. The molecule has 0 aliphatic rings. The quantitative estimate of drug-likeness (QED) is 0.849. The van der Waals surface area contributed by atoms with E-state index in [9.17, 15) is 0 Å². The summed E-state index contributed by atoms with van der Waals surface area (Å²) in [7, 11) is 0. The van der Waals surface area contributed by atoms with Crippen molar-refractivity contribution in [2.45, 2.75) is 27.7 Å². The Labute approximate surface area is 113 Å². The van der Waals surface area contributed by atoms with Crippen LogP contribution in [0, 0.1) is 12.8 Å².